The number of thiophene rings is 1. The first kappa shape index (κ1) is 15.2. The zero-order valence-electron chi connectivity index (χ0n) is 11.1. The quantitative estimate of drug-likeness (QED) is 0.841. The number of carbonyl (C=O) groups excluding carboxylic acids is 2. The molecular weight excluding hydrogens is 264 g/mol. The Labute approximate surface area is 116 Å². The second-order valence-electron chi connectivity index (χ2n) is 4.15. The molecule has 5 nitrogen and oxygen atoms in total. The molecule has 0 saturated heterocycles. The number of amides is 1. The van der Waals surface area contributed by atoms with Crippen LogP contribution in [0.5, 0.6) is 0 Å². The smallest absolute Gasteiger partial charge is 0.341 e. The highest BCUT2D eigenvalue weighted by Crippen LogP contribution is 2.33. The summed E-state index contributed by atoms with van der Waals surface area (Å²) in [6.07, 6.45) is -0.239. The van der Waals surface area contributed by atoms with Crippen molar-refractivity contribution in [3.63, 3.8) is 0 Å². The van der Waals surface area contributed by atoms with E-state index in [0.29, 0.717) is 10.6 Å². The molecule has 0 bridgehead atoms. The molecule has 0 fully saturated rings. The van der Waals surface area contributed by atoms with E-state index < -0.39 is 11.9 Å². The number of anilines is 1. The number of nitrogens with zero attached hydrogens (tertiary/aromatic N) is 1. The molecule has 0 aliphatic rings. The van der Waals surface area contributed by atoms with Crippen LogP contribution in [0.25, 0.3) is 0 Å². The van der Waals surface area contributed by atoms with Gasteiger partial charge in [0.05, 0.1) is 18.2 Å². The van der Waals surface area contributed by atoms with Gasteiger partial charge in [0.25, 0.3) is 0 Å². The summed E-state index contributed by atoms with van der Waals surface area (Å²) in [4.78, 5) is 24.2. The van der Waals surface area contributed by atoms with Gasteiger partial charge < -0.3 is 10.1 Å². The highest BCUT2D eigenvalue weighted by atomic mass is 32.1. The molecule has 1 aromatic rings. The number of hydrogen-bond donors (Lipinski definition) is 1. The first-order valence-corrected chi connectivity index (χ1v) is 6.78. The van der Waals surface area contributed by atoms with Gasteiger partial charge in [0.2, 0.25) is 5.91 Å². The number of nitriles is 1. The van der Waals surface area contributed by atoms with Gasteiger partial charge in [0, 0.05) is 4.88 Å². The molecule has 1 rings (SSSR count). The van der Waals surface area contributed by atoms with Crippen LogP contribution in [-0.2, 0) is 9.53 Å². The number of nitrogens with one attached hydrogen (secondary N) is 1. The second kappa shape index (κ2) is 6.90. The van der Waals surface area contributed by atoms with E-state index in [1.54, 1.807) is 19.1 Å². The van der Waals surface area contributed by atoms with Crippen molar-refractivity contribution in [1.82, 2.24) is 0 Å². The minimum Gasteiger partial charge on any atom is -0.462 e. The third-order valence-corrected chi connectivity index (χ3v) is 3.66. The molecule has 0 radical (unpaired) electrons. The van der Waals surface area contributed by atoms with Gasteiger partial charge in [-0.1, -0.05) is 13.8 Å². The van der Waals surface area contributed by atoms with Gasteiger partial charge >= 0.3 is 5.97 Å². The maximum atomic E-state index is 11.8. The van der Waals surface area contributed by atoms with E-state index >= 15 is 0 Å². The van der Waals surface area contributed by atoms with Crippen molar-refractivity contribution in [2.45, 2.75) is 33.1 Å². The van der Waals surface area contributed by atoms with Crippen LogP contribution in [0, 0.1) is 11.3 Å². The number of hydrogen-bond acceptors (Lipinski definition) is 5. The summed E-state index contributed by atoms with van der Waals surface area (Å²) in [5, 5.41) is 11.5. The van der Waals surface area contributed by atoms with Gasteiger partial charge in [-0.2, -0.15) is 5.26 Å². The highest BCUT2D eigenvalue weighted by Gasteiger charge is 2.19. The standard InChI is InChI=1S/C13H16N2O3S/c1-4-18-13(17)9-7-10(8(2)3)19-12(9)15-11(16)5-6-14/h7-8H,4-5H2,1-3H3,(H,15,16). The number of ether oxygens (including phenoxy) is 1. The van der Waals surface area contributed by atoms with Crippen LogP contribution in [0.1, 0.15) is 48.3 Å². The van der Waals surface area contributed by atoms with Gasteiger partial charge in [0.1, 0.15) is 11.4 Å². The number of carbonyl (C=O) groups is 2. The molecule has 0 aliphatic heterocycles. The SMILES string of the molecule is CCOC(=O)c1cc(C(C)C)sc1NC(=O)CC#N. The van der Waals surface area contributed by atoms with Crippen LogP contribution in [0.4, 0.5) is 5.00 Å². The first-order valence-electron chi connectivity index (χ1n) is 5.97. The topological polar surface area (TPSA) is 79.2 Å². The first-order chi connectivity index (χ1) is 8.99. The Bertz CT molecular complexity index is 514. The normalized spacial score (nSPS) is 10.1. The lowest BCUT2D eigenvalue weighted by atomic mass is 10.1. The van der Waals surface area contributed by atoms with E-state index in [1.807, 2.05) is 13.8 Å². The van der Waals surface area contributed by atoms with Crippen molar-refractivity contribution in [3.8, 4) is 6.07 Å². The van der Waals surface area contributed by atoms with E-state index in [9.17, 15) is 9.59 Å². The van der Waals surface area contributed by atoms with Gasteiger partial charge in [-0.15, -0.1) is 11.3 Å². The largest absolute Gasteiger partial charge is 0.462 e. The molecule has 102 valence electrons. The number of esters is 1. The molecule has 0 saturated carbocycles. The Morgan fingerprint density at radius 2 is 2.21 bits per heavy atom. The maximum Gasteiger partial charge on any atom is 0.341 e. The number of rotatable bonds is 5. The van der Waals surface area contributed by atoms with Crippen molar-refractivity contribution < 1.29 is 14.3 Å². The van der Waals surface area contributed by atoms with Crippen LogP contribution < -0.4 is 5.32 Å². The zero-order valence-corrected chi connectivity index (χ0v) is 12.0. The Kier molecular flexibility index (Phi) is 5.52. The average Bonchev–Trinajstić information content (AvgIpc) is 2.73. The zero-order chi connectivity index (χ0) is 14.4. The van der Waals surface area contributed by atoms with Crippen LogP contribution in [0.3, 0.4) is 0 Å². The molecule has 0 aromatic carbocycles. The average molecular weight is 280 g/mol. The van der Waals surface area contributed by atoms with E-state index in [-0.39, 0.29) is 18.9 Å². The van der Waals surface area contributed by atoms with Gasteiger partial charge in [-0.05, 0) is 18.9 Å². The summed E-state index contributed by atoms with van der Waals surface area (Å²) in [5.41, 5.74) is 0.349. The van der Waals surface area contributed by atoms with Crippen molar-refractivity contribution in [1.29, 1.82) is 5.26 Å². The van der Waals surface area contributed by atoms with Gasteiger partial charge in [-0.3, -0.25) is 4.79 Å². The van der Waals surface area contributed by atoms with Gasteiger partial charge in [0.15, 0.2) is 0 Å². The van der Waals surface area contributed by atoms with Crippen LogP contribution >= 0.6 is 11.3 Å². The lowest BCUT2D eigenvalue weighted by molar-refractivity contribution is -0.115. The summed E-state index contributed by atoms with van der Waals surface area (Å²) in [7, 11) is 0. The summed E-state index contributed by atoms with van der Waals surface area (Å²) in [5.74, 6) is -0.636. The third-order valence-electron chi connectivity index (χ3n) is 2.31. The lowest BCUT2D eigenvalue weighted by Crippen LogP contribution is -2.13. The fourth-order valence-electron chi connectivity index (χ4n) is 1.39. The molecule has 19 heavy (non-hydrogen) atoms. The maximum absolute atomic E-state index is 11.8. The van der Waals surface area contributed by atoms with Gasteiger partial charge in [-0.25, -0.2) is 4.79 Å². The van der Waals surface area contributed by atoms with Crippen molar-refractivity contribution in [3.05, 3.63) is 16.5 Å². The molecule has 1 aromatic heterocycles. The molecule has 1 N–H and O–H groups in total. The summed E-state index contributed by atoms with van der Waals surface area (Å²) in [6, 6.07) is 3.50. The Morgan fingerprint density at radius 3 is 2.74 bits per heavy atom. The van der Waals surface area contributed by atoms with Crippen LogP contribution in [0.2, 0.25) is 0 Å². The second-order valence-corrected chi connectivity index (χ2v) is 5.23. The van der Waals surface area contributed by atoms with Crippen molar-refractivity contribution in [2.24, 2.45) is 0 Å². The Balaban J connectivity index is 3.03. The van der Waals surface area contributed by atoms with E-state index in [0.717, 1.165) is 4.88 Å². The molecular formula is C13H16N2O3S. The van der Waals surface area contributed by atoms with Crippen LogP contribution in [-0.4, -0.2) is 18.5 Å². The fourth-order valence-corrected chi connectivity index (χ4v) is 2.46. The van der Waals surface area contributed by atoms with E-state index in [1.165, 1.54) is 11.3 Å². The highest BCUT2D eigenvalue weighted by molar-refractivity contribution is 7.16. The minimum atomic E-state index is -0.460. The molecule has 0 unspecified atom stereocenters. The fraction of sp³-hybridized carbons (Fsp3) is 0.462. The summed E-state index contributed by atoms with van der Waals surface area (Å²) < 4.78 is 4.95. The van der Waals surface area contributed by atoms with Crippen LogP contribution in [0.15, 0.2) is 6.07 Å². The third kappa shape index (κ3) is 4.07. The van der Waals surface area contributed by atoms with E-state index in [2.05, 4.69) is 5.32 Å². The van der Waals surface area contributed by atoms with E-state index in [4.69, 9.17) is 10.00 Å². The molecule has 6 heteroatoms. The van der Waals surface area contributed by atoms with Crippen molar-refractivity contribution >= 4 is 28.2 Å². The Hall–Kier alpha value is -1.87. The molecule has 0 aliphatic carbocycles. The predicted octanol–water partition coefficient (Wildman–Crippen LogP) is 2.90. The summed E-state index contributed by atoms with van der Waals surface area (Å²) >= 11 is 1.33. The molecule has 0 spiro atoms. The molecule has 0 atom stereocenters. The lowest BCUT2D eigenvalue weighted by Gasteiger charge is -2.03. The monoisotopic (exact) mass is 280 g/mol. The molecule has 1 heterocycles. The predicted molar refractivity (Wildman–Crippen MR) is 73.2 cm³/mol. The van der Waals surface area contributed by atoms with Crippen molar-refractivity contribution in [2.75, 3.05) is 11.9 Å². The minimum absolute atomic E-state index is 0.239. The Morgan fingerprint density at radius 1 is 1.53 bits per heavy atom. The summed E-state index contributed by atoms with van der Waals surface area (Å²) in [6.45, 7) is 6.00. The molecule has 1 amide bonds.